The average Bonchev–Trinajstić information content (AvgIpc) is 3.05. The fourth-order valence-corrected chi connectivity index (χ4v) is 6.86. The number of hydrogen-bond donors (Lipinski definition) is 3. The van der Waals surface area contributed by atoms with E-state index >= 15 is 0 Å². The summed E-state index contributed by atoms with van der Waals surface area (Å²) < 4.78 is 0. The van der Waals surface area contributed by atoms with E-state index in [1.807, 2.05) is 0 Å². The van der Waals surface area contributed by atoms with Gasteiger partial charge in [0.15, 0.2) is 0 Å². The number of hydrogen-bond acceptors (Lipinski definition) is 3. The van der Waals surface area contributed by atoms with Crippen molar-refractivity contribution in [1.29, 1.82) is 0 Å². The predicted molar refractivity (Wildman–Crippen MR) is 202 cm³/mol. The average molecular weight is 638 g/mol. The molecule has 0 fully saturated rings. The molecule has 0 aromatic rings. The smallest absolute Gasteiger partial charge is 0.0431 e. The molecule has 272 valence electrons. The van der Waals surface area contributed by atoms with Crippen molar-refractivity contribution in [1.82, 2.24) is 5.32 Å². The standard InChI is InChI=1S/C42H87NO2/c44-41-37-33-29-25-21-17-13-9-6-4-2-1-3-5-7-11-15-19-23-27-31-35-39-43-40-36-32-28-24-20-16-12-8-10-14-18-22-26-30-34-38-42-45/h43-45H,1-42H2. The third-order valence-electron chi connectivity index (χ3n) is 10.0. The number of rotatable bonds is 42. The zero-order valence-electron chi connectivity index (χ0n) is 31.1. The van der Waals surface area contributed by atoms with Crippen molar-refractivity contribution in [2.75, 3.05) is 26.3 Å². The van der Waals surface area contributed by atoms with Crippen LogP contribution >= 0.6 is 0 Å². The minimum atomic E-state index is 0.370. The Balaban J connectivity index is 3.03. The van der Waals surface area contributed by atoms with Crippen molar-refractivity contribution in [3.05, 3.63) is 0 Å². The van der Waals surface area contributed by atoms with E-state index in [1.54, 1.807) is 0 Å². The Morgan fingerprint density at radius 3 is 0.467 bits per heavy atom. The molecule has 0 atom stereocenters. The first-order valence-corrected chi connectivity index (χ1v) is 21.3. The molecule has 0 saturated carbocycles. The minimum absolute atomic E-state index is 0.370. The van der Waals surface area contributed by atoms with Gasteiger partial charge in [-0.2, -0.15) is 0 Å². The molecular weight excluding hydrogens is 550 g/mol. The van der Waals surface area contributed by atoms with Gasteiger partial charge in [0.25, 0.3) is 0 Å². The topological polar surface area (TPSA) is 52.5 Å². The van der Waals surface area contributed by atoms with Crippen molar-refractivity contribution >= 4 is 0 Å². The van der Waals surface area contributed by atoms with Crippen molar-refractivity contribution in [2.24, 2.45) is 0 Å². The Morgan fingerprint density at radius 2 is 0.311 bits per heavy atom. The Bertz CT molecular complexity index is 443. The lowest BCUT2D eigenvalue weighted by Gasteiger charge is -2.06. The molecule has 0 aromatic carbocycles. The second-order valence-electron chi connectivity index (χ2n) is 14.6. The van der Waals surface area contributed by atoms with Gasteiger partial charge < -0.3 is 15.5 Å². The maximum atomic E-state index is 8.80. The summed E-state index contributed by atoms with van der Waals surface area (Å²) in [6.07, 6.45) is 53.0. The van der Waals surface area contributed by atoms with Gasteiger partial charge in [0.1, 0.15) is 0 Å². The zero-order chi connectivity index (χ0) is 32.4. The molecule has 0 bridgehead atoms. The predicted octanol–water partition coefficient (Wildman–Crippen LogP) is 13.4. The van der Waals surface area contributed by atoms with Gasteiger partial charge in [0.2, 0.25) is 0 Å². The van der Waals surface area contributed by atoms with E-state index in [4.69, 9.17) is 10.2 Å². The van der Waals surface area contributed by atoms with E-state index in [2.05, 4.69) is 5.32 Å². The summed E-state index contributed by atoms with van der Waals surface area (Å²) in [5, 5.41) is 21.3. The summed E-state index contributed by atoms with van der Waals surface area (Å²) in [4.78, 5) is 0. The highest BCUT2D eigenvalue weighted by molar-refractivity contribution is 4.54. The molecule has 0 unspecified atom stereocenters. The van der Waals surface area contributed by atoms with Crippen molar-refractivity contribution in [2.45, 2.75) is 244 Å². The van der Waals surface area contributed by atoms with Crippen LogP contribution < -0.4 is 5.32 Å². The fraction of sp³-hybridized carbons (Fsp3) is 1.00. The molecule has 3 nitrogen and oxygen atoms in total. The highest BCUT2D eigenvalue weighted by atomic mass is 16.3. The van der Waals surface area contributed by atoms with E-state index < -0.39 is 0 Å². The molecule has 0 aliphatic rings. The van der Waals surface area contributed by atoms with E-state index in [9.17, 15) is 0 Å². The van der Waals surface area contributed by atoms with Gasteiger partial charge in [-0.15, -0.1) is 0 Å². The zero-order valence-corrected chi connectivity index (χ0v) is 31.1. The number of aliphatic hydroxyl groups is 2. The van der Waals surface area contributed by atoms with E-state index in [1.165, 1.54) is 244 Å². The van der Waals surface area contributed by atoms with Crippen LogP contribution in [0, 0.1) is 0 Å². The lowest BCUT2D eigenvalue weighted by atomic mass is 10.0. The summed E-state index contributed by atoms with van der Waals surface area (Å²) in [5.41, 5.74) is 0. The van der Waals surface area contributed by atoms with Crippen LogP contribution in [-0.4, -0.2) is 36.5 Å². The highest BCUT2D eigenvalue weighted by Crippen LogP contribution is 2.16. The monoisotopic (exact) mass is 638 g/mol. The molecule has 0 aromatic heterocycles. The molecule has 0 amide bonds. The SMILES string of the molecule is OCCCCCCCCCCCCCCCCCCCCCCCCNCCCCCCCCCCCCCCCCCCO. The van der Waals surface area contributed by atoms with Crippen LogP contribution in [-0.2, 0) is 0 Å². The molecule has 0 aliphatic heterocycles. The van der Waals surface area contributed by atoms with Gasteiger partial charge in [-0.25, -0.2) is 0 Å². The van der Waals surface area contributed by atoms with Crippen LogP contribution in [0.4, 0.5) is 0 Å². The molecule has 45 heavy (non-hydrogen) atoms. The maximum Gasteiger partial charge on any atom is 0.0431 e. The van der Waals surface area contributed by atoms with Gasteiger partial charge in [0, 0.05) is 13.2 Å². The fourth-order valence-electron chi connectivity index (χ4n) is 6.86. The first-order valence-electron chi connectivity index (χ1n) is 21.3. The summed E-state index contributed by atoms with van der Waals surface area (Å²) in [6.45, 7) is 3.20. The number of nitrogens with one attached hydrogen (secondary N) is 1. The van der Waals surface area contributed by atoms with Crippen LogP contribution in [0.2, 0.25) is 0 Å². The Kier molecular flexibility index (Phi) is 43.8. The van der Waals surface area contributed by atoms with Crippen molar-refractivity contribution < 1.29 is 10.2 Å². The Morgan fingerprint density at radius 1 is 0.178 bits per heavy atom. The summed E-state index contributed by atoms with van der Waals surface area (Å²) in [5.74, 6) is 0. The van der Waals surface area contributed by atoms with Crippen molar-refractivity contribution in [3.63, 3.8) is 0 Å². The number of unbranched alkanes of at least 4 members (excludes halogenated alkanes) is 36. The van der Waals surface area contributed by atoms with Crippen LogP contribution in [0.1, 0.15) is 244 Å². The summed E-state index contributed by atoms with van der Waals surface area (Å²) >= 11 is 0. The molecule has 0 aliphatic carbocycles. The molecule has 3 heteroatoms. The third-order valence-corrected chi connectivity index (χ3v) is 10.0. The largest absolute Gasteiger partial charge is 0.396 e. The second kappa shape index (κ2) is 43.9. The Hall–Kier alpha value is -0.120. The van der Waals surface area contributed by atoms with E-state index in [-0.39, 0.29) is 0 Å². The highest BCUT2D eigenvalue weighted by Gasteiger charge is 1.98. The second-order valence-corrected chi connectivity index (χ2v) is 14.6. The normalized spacial score (nSPS) is 11.6. The van der Waals surface area contributed by atoms with Gasteiger partial charge in [-0.05, 0) is 38.8 Å². The maximum absolute atomic E-state index is 8.80. The lowest BCUT2D eigenvalue weighted by molar-refractivity contribution is 0.282. The summed E-state index contributed by atoms with van der Waals surface area (Å²) in [6, 6.07) is 0. The Labute approximate surface area is 285 Å². The summed E-state index contributed by atoms with van der Waals surface area (Å²) in [7, 11) is 0. The lowest BCUT2D eigenvalue weighted by Crippen LogP contribution is -2.16. The van der Waals surface area contributed by atoms with Gasteiger partial charge in [0.05, 0.1) is 0 Å². The molecule has 0 rings (SSSR count). The molecular formula is C42H87NO2. The minimum Gasteiger partial charge on any atom is -0.396 e. The molecule has 0 spiro atoms. The van der Waals surface area contributed by atoms with Crippen molar-refractivity contribution in [3.8, 4) is 0 Å². The van der Waals surface area contributed by atoms with E-state index in [0.717, 1.165) is 12.8 Å². The molecule has 3 N–H and O–H groups in total. The van der Waals surface area contributed by atoms with Crippen LogP contribution in [0.25, 0.3) is 0 Å². The van der Waals surface area contributed by atoms with Crippen LogP contribution in [0.5, 0.6) is 0 Å². The van der Waals surface area contributed by atoms with Gasteiger partial charge in [-0.1, -0.05) is 218 Å². The van der Waals surface area contributed by atoms with Gasteiger partial charge in [-0.3, -0.25) is 0 Å². The molecule has 0 radical (unpaired) electrons. The number of aliphatic hydroxyl groups excluding tert-OH is 2. The quantitative estimate of drug-likeness (QED) is 0.0584. The first kappa shape index (κ1) is 44.9. The van der Waals surface area contributed by atoms with E-state index in [0.29, 0.717) is 13.2 Å². The molecule has 0 heterocycles. The molecule has 0 saturated heterocycles. The van der Waals surface area contributed by atoms with Gasteiger partial charge >= 0.3 is 0 Å². The van der Waals surface area contributed by atoms with Crippen LogP contribution in [0.3, 0.4) is 0 Å². The third kappa shape index (κ3) is 43.9. The first-order chi connectivity index (χ1) is 22.4. The van der Waals surface area contributed by atoms with Crippen LogP contribution in [0.15, 0.2) is 0 Å².